The maximum atomic E-state index is 10.9. The van der Waals surface area contributed by atoms with Crippen molar-refractivity contribution in [2.24, 2.45) is 0 Å². The van der Waals surface area contributed by atoms with E-state index in [-0.39, 0.29) is 6.04 Å². The van der Waals surface area contributed by atoms with Crippen molar-refractivity contribution in [3.05, 3.63) is 34.3 Å². The average Bonchev–Trinajstić information content (AvgIpc) is 2.59. The van der Waals surface area contributed by atoms with Crippen molar-refractivity contribution in [3.8, 4) is 6.07 Å². The van der Waals surface area contributed by atoms with E-state index in [9.17, 15) is 4.79 Å². The summed E-state index contributed by atoms with van der Waals surface area (Å²) in [6, 6.07) is 6.88. The van der Waals surface area contributed by atoms with Gasteiger partial charge in [0.05, 0.1) is 11.6 Å². The SMILES string of the molecule is CNC(C#N)c1ccc2oc(=O)[nH]c2c1. The summed E-state index contributed by atoms with van der Waals surface area (Å²) < 4.78 is 4.86. The fraction of sp³-hybridized carbons (Fsp3) is 0.200. The number of nitrogens with zero attached hydrogens (tertiary/aromatic N) is 1. The van der Waals surface area contributed by atoms with Crippen LogP contribution in [0.15, 0.2) is 27.4 Å². The fourth-order valence-electron chi connectivity index (χ4n) is 1.45. The van der Waals surface area contributed by atoms with Gasteiger partial charge in [-0.15, -0.1) is 0 Å². The van der Waals surface area contributed by atoms with Crippen molar-refractivity contribution in [1.82, 2.24) is 10.3 Å². The molecule has 0 aliphatic heterocycles. The zero-order valence-corrected chi connectivity index (χ0v) is 8.07. The Morgan fingerprint density at radius 1 is 1.60 bits per heavy atom. The smallest absolute Gasteiger partial charge is 0.408 e. The Balaban J connectivity index is 2.56. The highest BCUT2D eigenvalue weighted by Gasteiger charge is 2.09. The van der Waals surface area contributed by atoms with Gasteiger partial charge in [0, 0.05) is 0 Å². The average molecular weight is 203 g/mol. The van der Waals surface area contributed by atoms with Crippen LogP contribution < -0.4 is 11.1 Å². The molecule has 2 aromatic rings. The van der Waals surface area contributed by atoms with Crippen LogP contribution in [0.4, 0.5) is 0 Å². The van der Waals surface area contributed by atoms with E-state index in [1.807, 2.05) is 0 Å². The monoisotopic (exact) mass is 203 g/mol. The number of nitrogens with one attached hydrogen (secondary N) is 2. The molecule has 0 saturated carbocycles. The number of H-pyrrole nitrogens is 1. The molecule has 2 N–H and O–H groups in total. The van der Waals surface area contributed by atoms with E-state index in [2.05, 4.69) is 16.4 Å². The van der Waals surface area contributed by atoms with E-state index in [4.69, 9.17) is 9.68 Å². The van der Waals surface area contributed by atoms with Crippen LogP contribution >= 0.6 is 0 Å². The first kappa shape index (κ1) is 9.49. The van der Waals surface area contributed by atoms with Crippen LogP contribution in [0.1, 0.15) is 11.6 Å². The highest BCUT2D eigenvalue weighted by Crippen LogP contribution is 2.17. The van der Waals surface area contributed by atoms with Crippen LogP contribution in [0.2, 0.25) is 0 Å². The third kappa shape index (κ3) is 1.63. The van der Waals surface area contributed by atoms with Crippen LogP contribution in [0.25, 0.3) is 11.1 Å². The second kappa shape index (κ2) is 3.59. The van der Waals surface area contributed by atoms with Gasteiger partial charge < -0.3 is 9.73 Å². The van der Waals surface area contributed by atoms with E-state index in [1.165, 1.54) is 0 Å². The van der Waals surface area contributed by atoms with Gasteiger partial charge in [0.2, 0.25) is 0 Å². The highest BCUT2D eigenvalue weighted by molar-refractivity contribution is 5.73. The molecule has 0 spiro atoms. The first-order valence-corrected chi connectivity index (χ1v) is 4.44. The van der Waals surface area contributed by atoms with Crippen molar-refractivity contribution < 1.29 is 4.42 Å². The van der Waals surface area contributed by atoms with Crippen LogP contribution in [-0.4, -0.2) is 12.0 Å². The predicted octanol–water partition coefficient (Wildman–Crippen LogP) is 0.905. The molecule has 1 unspecified atom stereocenters. The highest BCUT2D eigenvalue weighted by atomic mass is 16.4. The molecule has 0 saturated heterocycles. The first-order valence-electron chi connectivity index (χ1n) is 4.44. The maximum absolute atomic E-state index is 10.9. The predicted molar refractivity (Wildman–Crippen MR) is 54.2 cm³/mol. The standard InChI is InChI=1S/C10H9N3O2/c1-12-8(5-11)6-2-3-9-7(4-6)13-10(14)15-9/h2-4,8,12H,1H3,(H,13,14). The fourth-order valence-corrected chi connectivity index (χ4v) is 1.45. The summed E-state index contributed by atoms with van der Waals surface area (Å²) in [7, 11) is 1.70. The third-order valence-electron chi connectivity index (χ3n) is 2.19. The molecule has 1 heterocycles. The molecule has 0 fully saturated rings. The molecule has 1 aromatic carbocycles. The van der Waals surface area contributed by atoms with Gasteiger partial charge in [0.1, 0.15) is 6.04 Å². The Bertz CT molecular complexity index is 576. The van der Waals surface area contributed by atoms with E-state index in [0.29, 0.717) is 11.1 Å². The number of aromatic nitrogens is 1. The van der Waals surface area contributed by atoms with Crippen LogP contribution in [0, 0.1) is 11.3 Å². The summed E-state index contributed by atoms with van der Waals surface area (Å²) in [5.74, 6) is -0.486. The summed E-state index contributed by atoms with van der Waals surface area (Å²) in [5, 5.41) is 11.7. The van der Waals surface area contributed by atoms with Crippen molar-refractivity contribution in [2.75, 3.05) is 7.05 Å². The number of aromatic amines is 1. The molecule has 5 nitrogen and oxygen atoms in total. The largest absolute Gasteiger partial charge is 0.417 e. The summed E-state index contributed by atoms with van der Waals surface area (Å²) in [6.45, 7) is 0. The molecule has 1 atom stereocenters. The number of nitriles is 1. The van der Waals surface area contributed by atoms with Gasteiger partial charge in [-0.25, -0.2) is 4.79 Å². The number of oxazole rings is 1. The molecule has 0 aliphatic rings. The van der Waals surface area contributed by atoms with Crippen molar-refractivity contribution >= 4 is 11.1 Å². The molecule has 0 aliphatic carbocycles. The van der Waals surface area contributed by atoms with Crippen molar-refractivity contribution in [1.29, 1.82) is 5.26 Å². The zero-order chi connectivity index (χ0) is 10.8. The molecule has 0 bridgehead atoms. The molecule has 15 heavy (non-hydrogen) atoms. The Hall–Kier alpha value is -2.06. The van der Waals surface area contributed by atoms with E-state index < -0.39 is 5.76 Å². The van der Waals surface area contributed by atoms with E-state index >= 15 is 0 Å². The Morgan fingerprint density at radius 3 is 3.07 bits per heavy atom. The van der Waals surface area contributed by atoms with Crippen molar-refractivity contribution in [2.45, 2.75) is 6.04 Å². The normalized spacial score (nSPS) is 12.5. The van der Waals surface area contributed by atoms with Gasteiger partial charge in [-0.2, -0.15) is 5.26 Å². The molecular weight excluding hydrogens is 194 g/mol. The van der Waals surface area contributed by atoms with Crippen LogP contribution in [0.3, 0.4) is 0 Å². The molecule has 1 aromatic heterocycles. The van der Waals surface area contributed by atoms with Gasteiger partial charge in [-0.05, 0) is 24.7 Å². The Kier molecular flexibility index (Phi) is 2.27. The molecule has 0 amide bonds. The number of hydrogen-bond acceptors (Lipinski definition) is 4. The van der Waals surface area contributed by atoms with Crippen LogP contribution in [-0.2, 0) is 0 Å². The first-order chi connectivity index (χ1) is 7.24. The van der Waals surface area contributed by atoms with Gasteiger partial charge in [-0.3, -0.25) is 4.98 Å². The van der Waals surface area contributed by atoms with Crippen molar-refractivity contribution in [3.63, 3.8) is 0 Å². The van der Waals surface area contributed by atoms with E-state index in [1.54, 1.807) is 25.2 Å². The lowest BCUT2D eigenvalue weighted by atomic mass is 10.1. The zero-order valence-electron chi connectivity index (χ0n) is 8.07. The quantitative estimate of drug-likeness (QED) is 0.759. The molecule has 76 valence electrons. The van der Waals surface area contributed by atoms with Crippen LogP contribution in [0.5, 0.6) is 0 Å². The number of rotatable bonds is 2. The van der Waals surface area contributed by atoms with E-state index in [0.717, 1.165) is 5.56 Å². The third-order valence-corrected chi connectivity index (χ3v) is 2.19. The van der Waals surface area contributed by atoms with Gasteiger partial charge in [0.15, 0.2) is 5.58 Å². The summed E-state index contributed by atoms with van der Waals surface area (Å²) in [5.41, 5.74) is 1.90. The minimum Gasteiger partial charge on any atom is -0.408 e. The molecule has 2 rings (SSSR count). The van der Waals surface area contributed by atoms with Gasteiger partial charge >= 0.3 is 5.76 Å². The topological polar surface area (TPSA) is 81.8 Å². The summed E-state index contributed by atoms with van der Waals surface area (Å²) in [6.07, 6.45) is 0. The second-order valence-corrected chi connectivity index (χ2v) is 3.12. The molecule has 0 radical (unpaired) electrons. The van der Waals surface area contributed by atoms with Gasteiger partial charge in [0.25, 0.3) is 0 Å². The number of fused-ring (bicyclic) bond motifs is 1. The lowest BCUT2D eigenvalue weighted by Crippen LogP contribution is -2.13. The number of hydrogen-bond donors (Lipinski definition) is 2. The Labute approximate surface area is 85.3 Å². The molecule has 5 heteroatoms. The minimum absolute atomic E-state index is 0.382. The minimum atomic E-state index is -0.486. The maximum Gasteiger partial charge on any atom is 0.417 e. The second-order valence-electron chi connectivity index (χ2n) is 3.12. The summed E-state index contributed by atoms with van der Waals surface area (Å²) >= 11 is 0. The molecular formula is C10H9N3O2. The Morgan fingerprint density at radius 2 is 2.40 bits per heavy atom. The lowest BCUT2D eigenvalue weighted by Gasteiger charge is -2.06. The number of benzene rings is 1. The lowest BCUT2D eigenvalue weighted by molar-refractivity contribution is 0.555. The van der Waals surface area contributed by atoms with Gasteiger partial charge in [-0.1, -0.05) is 6.07 Å². The summed E-state index contributed by atoms with van der Waals surface area (Å²) in [4.78, 5) is 13.4.